The molecule has 3 aromatic carbocycles. The Morgan fingerprint density at radius 3 is 1.43 bits per heavy atom. The summed E-state index contributed by atoms with van der Waals surface area (Å²) in [6, 6.07) is 26.9. The van der Waals surface area contributed by atoms with E-state index in [-0.39, 0.29) is 5.91 Å². The van der Waals surface area contributed by atoms with Crippen LogP contribution >= 0.6 is 150 Å². The van der Waals surface area contributed by atoms with Crippen LogP contribution in [0.3, 0.4) is 0 Å². The average molecular weight is 1640 g/mol. The fourth-order valence-electron chi connectivity index (χ4n) is 7.60. The number of carbonyl (C=O) groups excluding carboxylic acids is 1. The number of hydrogen-bond donors (Lipinski definition) is 13. The van der Waals surface area contributed by atoms with Crippen molar-refractivity contribution in [3.8, 4) is 5.69 Å². The lowest BCUT2D eigenvalue weighted by Gasteiger charge is -2.05. The van der Waals surface area contributed by atoms with E-state index in [1.807, 2.05) is 137 Å². The van der Waals surface area contributed by atoms with Crippen molar-refractivity contribution in [2.45, 2.75) is 58.2 Å². The van der Waals surface area contributed by atoms with E-state index in [0.717, 1.165) is 81.0 Å². The molecular weight excluding hydrogens is 1570 g/mol. The lowest BCUT2D eigenvalue weighted by molar-refractivity contribution is 0.102. The van der Waals surface area contributed by atoms with Crippen molar-refractivity contribution >= 4 is 162 Å². The van der Waals surface area contributed by atoms with Crippen LogP contribution in [-0.4, -0.2) is 154 Å². The van der Waals surface area contributed by atoms with Gasteiger partial charge in [-0.05, 0) is 185 Å². The van der Waals surface area contributed by atoms with Crippen molar-refractivity contribution in [2.75, 3.05) is 5.32 Å². The number of nitrogens with one attached hydrogen (secondary N) is 13. The Balaban J connectivity index is 0.000000184. The number of halogens is 1. The standard InChI is InChI=1S/C12H12N4OS.C9H9N3S.C8H6BrN3S.C8H12N6S3.C7H10N6S2.C6H9N3S.C4H7N3S.C3H5N3S/c1-2-8-16-11(14-15-12(16)18)13-10(17)9-6-4-3-5-7-9;13-9-10-8(11-12-9)6-7-4-2-1-3-5-7;9-6-1-3-7(4-2-6)12-5-10-11-8(12)13;1-13-5(9-11-7(13)15)3-17-4-6-10-12-8(16)14(6)2;1-12-4(8-10-6(12)14)3-5-9-11-7(15)13(5)2;1-5(2)3-9-4-7-8-6(9)10;1-3-5-6-4(8)7(3)2;1-2-4-3(7)6-5-2/h2-7H,1,8H2,(H,15,18)(H,13,14,17);1-5H,6H2,(H2,10,11,12,13);1-5H,(H,11,13);3-4H2,1-2H3,(H,11,15)(H,12,16);3H2,1-2H3,(H,10,14)(H,11,15);4H,1,3H2,2H3,(H,8,10);1-2H3,(H,6,8);1H3,(H2,4,5,6,7). The number of amides is 1. The van der Waals surface area contributed by atoms with E-state index < -0.39 is 0 Å². The van der Waals surface area contributed by atoms with E-state index in [1.54, 1.807) is 59.3 Å². The predicted molar refractivity (Wildman–Crippen MR) is 417 cm³/mol. The highest BCUT2D eigenvalue weighted by molar-refractivity contribution is 9.10. The smallest absolute Gasteiger partial charge is 0.258 e. The van der Waals surface area contributed by atoms with Gasteiger partial charge in [0.15, 0.2) is 38.2 Å². The van der Waals surface area contributed by atoms with E-state index >= 15 is 0 Å². The largest absolute Gasteiger partial charge is 0.308 e. The summed E-state index contributed by atoms with van der Waals surface area (Å²) in [5.41, 5.74) is 3.86. The molecule has 13 N–H and O–H groups in total. The minimum absolute atomic E-state index is 0.227. The molecule has 0 aliphatic rings. The Kier molecular flexibility index (Phi) is 32.9. The number of nitrogens with zero attached hydrogens (tertiary/aromatic N) is 18. The summed E-state index contributed by atoms with van der Waals surface area (Å²) in [5, 5.41) is 67.3. The highest BCUT2D eigenvalue weighted by atomic mass is 79.9. The molecule has 532 valence electrons. The van der Waals surface area contributed by atoms with Gasteiger partial charge in [0.1, 0.15) is 53.4 Å². The molecular formula is C57H70BrN31OS11. The van der Waals surface area contributed by atoms with E-state index in [1.165, 1.54) is 5.56 Å². The third-order valence-corrected chi connectivity index (χ3v) is 17.8. The van der Waals surface area contributed by atoms with Crippen LogP contribution < -0.4 is 5.32 Å². The maximum Gasteiger partial charge on any atom is 0.258 e. The Hall–Kier alpha value is -8.96. The molecule has 13 aromatic rings. The second-order valence-electron chi connectivity index (χ2n) is 20.7. The molecule has 1 amide bonds. The first-order chi connectivity index (χ1) is 48.2. The van der Waals surface area contributed by atoms with Crippen LogP contribution in [0.15, 0.2) is 127 Å². The van der Waals surface area contributed by atoms with Crippen LogP contribution in [0.1, 0.15) is 63.6 Å². The number of aryl methyl sites for hydroxylation is 2. The monoisotopic (exact) mass is 1640 g/mol. The van der Waals surface area contributed by atoms with Crippen molar-refractivity contribution in [3.63, 3.8) is 0 Å². The molecule has 0 spiro atoms. The molecule has 0 radical (unpaired) electrons. The van der Waals surface area contributed by atoms with Gasteiger partial charge in [-0.15, -0.1) is 23.4 Å². The van der Waals surface area contributed by atoms with Crippen molar-refractivity contribution in [3.05, 3.63) is 226 Å². The number of aromatic amines is 12. The van der Waals surface area contributed by atoms with Crippen molar-refractivity contribution in [1.29, 1.82) is 0 Å². The third-order valence-electron chi connectivity index (χ3n) is 13.2. The minimum Gasteiger partial charge on any atom is -0.308 e. The number of carbonyl (C=O) groups is 1. The van der Waals surface area contributed by atoms with Gasteiger partial charge >= 0.3 is 0 Å². The second kappa shape index (κ2) is 41.1. The summed E-state index contributed by atoms with van der Waals surface area (Å²) in [4.78, 5) is 19.9. The van der Waals surface area contributed by atoms with Crippen molar-refractivity contribution < 1.29 is 4.79 Å². The molecule has 32 nitrogen and oxygen atoms in total. The van der Waals surface area contributed by atoms with Gasteiger partial charge in [-0.1, -0.05) is 82.7 Å². The van der Waals surface area contributed by atoms with Crippen molar-refractivity contribution in [2.24, 2.45) is 35.2 Å². The summed E-state index contributed by atoms with van der Waals surface area (Å²) in [6.45, 7) is 14.3. The lowest BCUT2D eigenvalue weighted by Crippen LogP contribution is -2.15. The zero-order valence-corrected chi connectivity index (χ0v) is 65.9. The summed E-state index contributed by atoms with van der Waals surface area (Å²) in [7, 11) is 9.40. The van der Waals surface area contributed by atoms with Gasteiger partial charge in [0, 0.05) is 70.5 Å². The Morgan fingerprint density at radius 2 is 1.03 bits per heavy atom. The number of hydrogen-bond acceptors (Lipinski definition) is 22. The highest BCUT2D eigenvalue weighted by Gasteiger charge is 2.12. The van der Waals surface area contributed by atoms with Crippen LogP contribution in [0.25, 0.3) is 5.69 Å². The van der Waals surface area contributed by atoms with E-state index in [0.29, 0.717) is 72.2 Å². The van der Waals surface area contributed by atoms with E-state index in [9.17, 15) is 4.79 Å². The fourth-order valence-corrected chi connectivity index (χ4v) is 10.6. The normalized spacial score (nSPS) is 10.2. The molecule has 44 heteroatoms. The Labute approximate surface area is 640 Å². The predicted octanol–water partition coefficient (Wildman–Crippen LogP) is 12.8. The average Bonchev–Trinajstić information content (AvgIpc) is 1.80. The molecule has 0 aliphatic heterocycles. The molecule has 0 aliphatic carbocycles. The second-order valence-corrected chi connectivity index (χ2v) is 26.4. The Morgan fingerprint density at radius 1 is 0.545 bits per heavy atom. The Bertz CT molecular complexity index is 5260. The number of H-pyrrole nitrogens is 12. The number of thioether (sulfide) groups is 1. The van der Waals surface area contributed by atoms with Crippen LogP contribution in [0, 0.1) is 61.6 Å². The minimum atomic E-state index is -0.227. The van der Waals surface area contributed by atoms with Gasteiger partial charge in [-0.3, -0.25) is 75.3 Å². The molecule has 0 saturated heterocycles. The summed E-state index contributed by atoms with van der Waals surface area (Å²) < 4.78 is 21.4. The number of allylic oxidation sites excluding steroid dienone is 2. The molecule has 13 rings (SSSR count). The molecule has 101 heavy (non-hydrogen) atoms. The lowest BCUT2D eigenvalue weighted by atomic mass is 10.1. The van der Waals surface area contributed by atoms with Gasteiger partial charge < -0.3 is 27.4 Å². The molecule has 0 bridgehead atoms. The zero-order chi connectivity index (χ0) is 73.7. The van der Waals surface area contributed by atoms with Gasteiger partial charge in [0.25, 0.3) is 5.91 Å². The molecule has 0 unspecified atom stereocenters. The molecule has 10 heterocycles. The fraction of sp³-hybridized carbons (Fsp3) is 0.246. The maximum atomic E-state index is 11.9. The first-order valence-corrected chi connectivity index (χ1v) is 35.4. The van der Waals surface area contributed by atoms with Crippen LogP contribution in [0.2, 0.25) is 0 Å². The number of anilines is 1. The summed E-state index contributed by atoms with van der Waals surface area (Å²) >= 11 is 54.5. The molecule has 10 aromatic heterocycles. The van der Waals surface area contributed by atoms with Crippen LogP contribution in [0.4, 0.5) is 5.95 Å². The van der Waals surface area contributed by atoms with Gasteiger partial charge in [-0.2, -0.15) is 35.7 Å². The molecule has 0 fully saturated rings. The topological polar surface area (TPSA) is 387 Å². The SMILES string of the molecule is C=C(C)Cn1cn[nH]c1=S.C=CCn1c(NC(=O)c2ccccc2)n[nH]c1=S.Cc1n[nH]c(=S)n1C.Cc1nc(=S)[nH][nH]1.Cn1c(CSCc2n[nH]c(=S)n2C)n[nH]c1=S.Cn1c(Cc2n[nH]c(=S)n2C)n[nH]c1=S.S=c1[nH]ncn1-c1ccc(Br)cc1.S=c1nc(Cc2ccccc2)[nH][nH]1. The number of aromatic nitrogens is 30. The first-order valence-electron chi connectivity index (χ1n) is 29.3. The summed E-state index contributed by atoms with van der Waals surface area (Å²) in [5.74, 6) is 7.84. The quantitative estimate of drug-likeness (QED) is 0.0335. The van der Waals surface area contributed by atoms with Gasteiger partial charge in [-0.25, -0.2) is 15.1 Å². The van der Waals surface area contributed by atoms with Gasteiger partial charge in [0.05, 0.1) is 17.9 Å². The molecule has 0 saturated carbocycles. The number of rotatable bonds is 15. The summed E-state index contributed by atoms with van der Waals surface area (Å²) in [6.07, 6.45) is 6.38. The van der Waals surface area contributed by atoms with E-state index in [2.05, 4.69) is 171 Å². The van der Waals surface area contributed by atoms with Crippen LogP contribution in [-0.2, 0) is 72.7 Å². The molecule has 0 atom stereocenters. The zero-order valence-electron chi connectivity index (χ0n) is 55.3. The van der Waals surface area contributed by atoms with Crippen LogP contribution in [0.5, 0.6) is 0 Å². The van der Waals surface area contributed by atoms with E-state index in [4.69, 9.17) is 110 Å². The van der Waals surface area contributed by atoms with Gasteiger partial charge in [0.2, 0.25) is 15.5 Å². The highest BCUT2D eigenvalue weighted by Crippen LogP contribution is 2.16. The first kappa shape index (κ1) is 81.0. The van der Waals surface area contributed by atoms with Crippen molar-refractivity contribution in [1.82, 2.24) is 148 Å². The number of benzene rings is 3. The third kappa shape index (κ3) is 26.2. The maximum absolute atomic E-state index is 11.9.